The van der Waals surface area contributed by atoms with Crippen LogP contribution in [0.4, 0.5) is 0 Å². The van der Waals surface area contributed by atoms with Crippen LogP contribution in [-0.4, -0.2) is 5.24 Å². The topological polar surface area (TPSA) is 17.1 Å². The number of benzene rings is 1. The molecule has 1 nitrogen and oxygen atoms in total. The van der Waals surface area contributed by atoms with E-state index in [1.54, 1.807) is 21.1 Å². The Morgan fingerprint density at radius 2 is 1.91 bits per heavy atom. The number of rotatable bonds is 2. The Morgan fingerprint density at radius 3 is 2.27 bits per heavy atom. The SMILES string of the molecule is O=C([ClH+])c1ccc(SI)cc1. The lowest BCUT2D eigenvalue weighted by molar-refractivity contribution is -0.255. The second-order valence-corrected chi connectivity index (χ2v) is 4.21. The molecule has 0 amide bonds. The maximum Gasteiger partial charge on any atom is 0.430 e. The molecule has 0 radical (unpaired) electrons. The zero-order chi connectivity index (χ0) is 8.27. The van der Waals surface area contributed by atoms with E-state index in [4.69, 9.17) is 0 Å². The van der Waals surface area contributed by atoms with Gasteiger partial charge < -0.3 is 0 Å². The van der Waals surface area contributed by atoms with Crippen molar-refractivity contribution in [2.45, 2.75) is 4.90 Å². The van der Waals surface area contributed by atoms with E-state index < -0.39 is 0 Å². The highest BCUT2D eigenvalue weighted by molar-refractivity contribution is 14.2. The highest BCUT2D eigenvalue weighted by Crippen LogP contribution is 2.24. The highest BCUT2D eigenvalue weighted by atomic mass is 127. The Kier molecular flexibility index (Phi) is 3.68. The Bertz CT molecular complexity index is 260. The van der Waals surface area contributed by atoms with Crippen molar-refractivity contribution in [2.75, 3.05) is 0 Å². The van der Waals surface area contributed by atoms with E-state index in [1.807, 2.05) is 12.1 Å². The van der Waals surface area contributed by atoms with E-state index in [9.17, 15) is 4.79 Å². The highest BCUT2D eigenvalue weighted by Gasteiger charge is 2.07. The number of halogens is 2. The Morgan fingerprint density at radius 1 is 1.36 bits per heavy atom. The van der Waals surface area contributed by atoms with E-state index in [2.05, 4.69) is 32.8 Å². The molecule has 0 heterocycles. The molecule has 0 aliphatic heterocycles. The number of carbonyl (C=O) groups excluding carboxylic acids is 1. The molecule has 58 valence electrons. The van der Waals surface area contributed by atoms with Crippen molar-refractivity contribution < 1.29 is 16.4 Å². The molecule has 1 aromatic carbocycles. The molecule has 0 atom stereocenters. The normalized spacial score (nSPS) is 9.64. The smallest absolute Gasteiger partial charge is 0.220 e. The van der Waals surface area contributed by atoms with Crippen LogP contribution in [0, 0.1) is 11.6 Å². The lowest BCUT2D eigenvalue weighted by atomic mass is 10.2. The number of hydrogen-bond acceptors (Lipinski definition) is 2. The first-order valence-corrected chi connectivity index (χ1v) is 6.61. The summed E-state index contributed by atoms with van der Waals surface area (Å²) in [6, 6.07) is 7.26. The monoisotopic (exact) mass is 299 g/mol. The van der Waals surface area contributed by atoms with Gasteiger partial charge in [0.2, 0.25) is 0 Å². The van der Waals surface area contributed by atoms with Gasteiger partial charge in [-0.2, -0.15) is 0 Å². The molecule has 11 heavy (non-hydrogen) atoms. The van der Waals surface area contributed by atoms with Gasteiger partial charge in [0.1, 0.15) is 0 Å². The summed E-state index contributed by atoms with van der Waals surface area (Å²) < 4.78 is 0. The molecular formula is C7H5ClIOS+. The molecule has 0 aliphatic carbocycles. The largest absolute Gasteiger partial charge is 0.430 e. The molecule has 0 saturated carbocycles. The molecule has 1 aromatic rings. The van der Waals surface area contributed by atoms with Crippen LogP contribution in [0.25, 0.3) is 0 Å². The van der Waals surface area contributed by atoms with Crippen LogP contribution >= 0.6 is 30.1 Å². The van der Waals surface area contributed by atoms with Crippen molar-refractivity contribution in [3.63, 3.8) is 0 Å². The predicted octanol–water partition coefficient (Wildman–Crippen LogP) is 2.55. The van der Waals surface area contributed by atoms with Gasteiger partial charge in [0.15, 0.2) is 11.6 Å². The fraction of sp³-hybridized carbons (Fsp3) is 0. The molecular weight excluding hydrogens is 294 g/mol. The second-order valence-electron chi connectivity index (χ2n) is 1.89. The first kappa shape index (κ1) is 9.35. The maximum absolute atomic E-state index is 10.7. The average molecular weight is 300 g/mol. The Hall–Kier alpha value is 0.260. The quantitative estimate of drug-likeness (QED) is 0.617. The third-order valence-electron chi connectivity index (χ3n) is 1.18. The lowest BCUT2D eigenvalue weighted by Crippen LogP contribution is -1.90. The van der Waals surface area contributed by atoms with Crippen molar-refractivity contribution in [1.29, 1.82) is 0 Å². The van der Waals surface area contributed by atoms with Gasteiger partial charge in [0.25, 0.3) is 0 Å². The van der Waals surface area contributed by atoms with Gasteiger partial charge in [-0.1, -0.05) is 8.93 Å². The van der Waals surface area contributed by atoms with Gasteiger partial charge in [-0.25, -0.2) is 4.79 Å². The summed E-state index contributed by atoms with van der Waals surface area (Å²) >= 11 is 6.67. The summed E-state index contributed by atoms with van der Waals surface area (Å²) in [5, 5.41) is -0.296. The standard InChI is InChI=1S/C7H5ClIOS/c8-7(10)5-1-3-6(11-9)4-2-5/h1-4,8H/q+1. The summed E-state index contributed by atoms with van der Waals surface area (Å²) in [4.78, 5) is 11.8. The summed E-state index contributed by atoms with van der Waals surface area (Å²) in [5.74, 6) is 0. The zero-order valence-electron chi connectivity index (χ0n) is 5.41. The molecule has 0 N–H and O–H groups in total. The molecule has 0 spiro atoms. The lowest BCUT2D eigenvalue weighted by Gasteiger charge is -1.91. The van der Waals surface area contributed by atoms with E-state index in [0.29, 0.717) is 5.56 Å². The predicted molar refractivity (Wildman–Crippen MR) is 52.0 cm³/mol. The summed E-state index contributed by atoms with van der Waals surface area (Å²) in [6.07, 6.45) is 0. The van der Waals surface area contributed by atoms with Crippen molar-refractivity contribution in [3.05, 3.63) is 29.8 Å². The van der Waals surface area contributed by atoms with Crippen molar-refractivity contribution >= 4 is 35.4 Å². The van der Waals surface area contributed by atoms with Crippen LogP contribution in [0.15, 0.2) is 29.2 Å². The van der Waals surface area contributed by atoms with Crippen LogP contribution in [0.2, 0.25) is 0 Å². The molecule has 0 unspecified atom stereocenters. The van der Waals surface area contributed by atoms with Crippen molar-refractivity contribution in [2.24, 2.45) is 0 Å². The molecule has 0 aliphatic rings. The van der Waals surface area contributed by atoms with E-state index in [-0.39, 0.29) is 5.24 Å². The van der Waals surface area contributed by atoms with Crippen molar-refractivity contribution in [1.82, 2.24) is 0 Å². The van der Waals surface area contributed by atoms with Crippen molar-refractivity contribution in [3.8, 4) is 0 Å². The van der Waals surface area contributed by atoms with Gasteiger partial charge in [-0.3, -0.25) is 0 Å². The van der Waals surface area contributed by atoms with E-state index >= 15 is 0 Å². The minimum absolute atomic E-state index is 0.296. The van der Waals surface area contributed by atoms with Crippen LogP contribution < -0.4 is 0 Å². The van der Waals surface area contributed by atoms with Crippen LogP contribution in [0.5, 0.6) is 0 Å². The summed E-state index contributed by atoms with van der Waals surface area (Å²) in [7, 11) is 1.61. The minimum atomic E-state index is -0.296. The number of carbonyl (C=O) groups is 1. The fourth-order valence-corrected chi connectivity index (χ4v) is 1.90. The third-order valence-corrected chi connectivity index (χ3v) is 3.39. The van der Waals surface area contributed by atoms with E-state index in [1.165, 1.54) is 0 Å². The van der Waals surface area contributed by atoms with E-state index in [0.717, 1.165) is 4.90 Å². The molecule has 1 rings (SSSR count). The van der Waals surface area contributed by atoms with Gasteiger partial charge in [0, 0.05) is 26.1 Å². The molecule has 0 saturated heterocycles. The first-order chi connectivity index (χ1) is 5.24. The zero-order valence-corrected chi connectivity index (χ0v) is 9.20. The van der Waals surface area contributed by atoms with Gasteiger partial charge in [-0.15, -0.1) is 0 Å². The molecule has 0 fully saturated rings. The third kappa shape index (κ3) is 2.65. The summed E-state index contributed by atoms with van der Waals surface area (Å²) in [5.41, 5.74) is 0.592. The Labute approximate surface area is 86.1 Å². The maximum atomic E-state index is 10.7. The number of hydrogen-bond donors (Lipinski definition) is 0. The summed E-state index contributed by atoms with van der Waals surface area (Å²) in [6.45, 7) is 0. The minimum Gasteiger partial charge on any atom is -0.220 e. The Balaban J connectivity index is 2.91. The second kappa shape index (κ2) is 4.33. The van der Waals surface area contributed by atoms with Crippen LogP contribution in [0.1, 0.15) is 10.4 Å². The molecule has 0 aromatic heterocycles. The molecule has 4 heteroatoms. The van der Waals surface area contributed by atoms with Crippen LogP contribution in [-0.2, 0) is 0 Å². The van der Waals surface area contributed by atoms with Gasteiger partial charge in [-0.05, 0) is 24.3 Å². The van der Waals surface area contributed by atoms with Crippen LogP contribution in [0.3, 0.4) is 0 Å². The molecule has 0 bridgehead atoms. The average Bonchev–Trinajstić information content (AvgIpc) is 2.05. The fourth-order valence-electron chi connectivity index (χ4n) is 0.642. The van der Waals surface area contributed by atoms with Gasteiger partial charge in [0.05, 0.1) is 5.56 Å². The first-order valence-electron chi connectivity index (χ1n) is 2.84. The van der Waals surface area contributed by atoms with Gasteiger partial charge >= 0.3 is 5.24 Å².